The van der Waals surface area contributed by atoms with Crippen molar-refractivity contribution in [1.82, 2.24) is 0 Å². The van der Waals surface area contributed by atoms with E-state index in [1.807, 2.05) is 0 Å². The highest BCUT2D eigenvalue weighted by molar-refractivity contribution is 6.16. The van der Waals surface area contributed by atoms with Crippen molar-refractivity contribution in [3.8, 4) is 120 Å². The van der Waals surface area contributed by atoms with Gasteiger partial charge in [-0.2, -0.15) is 0 Å². The van der Waals surface area contributed by atoms with Crippen molar-refractivity contribution in [1.29, 1.82) is 0 Å². The lowest BCUT2D eigenvalue weighted by atomic mass is 9.80. The first-order valence-electron chi connectivity index (χ1n) is 18.6. The van der Waals surface area contributed by atoms with Crippen molar-refractivity contribution in [2.45, 2.75) is 30.5 Å². The van der Waals surface area contributed by atoms with Crippen LogP contribution in [0.25, 0.3) is 33.4 Å². The van der Waals surface area contributed by atoms with E-state index >= 15 is 0 Å². The summed E-state index contributed by atoms with van der Waals surface area (Å²) in [4.78, 5) is 72.4. The Balaban J connectivity index is 1.44. The minimum atomic E-state index is -2.79. The SMILES string of the molecule is O=C1OCC2OC(=O)c3cc(O)c(O)c(O)c3-c3c(O)c(O)c(O)c4c3C(=O)OC(C2OC(=O)c2cc(O)c(O)c(O)c2-c2c1cc(O)c(O)c2O)[C@H]1OC(=O)c2c-4c(O)c(O)c(O)c2[C@@H]1O. The molecular weight excluding hydrogens is 908 g/mol. The van der Waals surface area contributed by atoms with Crippen LogP contribution in [-0.4, -0.2) is 143 Å². The molecule has 0 aromatic heterocycles. The third kappa shape index (κ3) is 5.68. The molecule has 0 amide bonds. The van der Waals surface area contributed by atoms with Gasteiger partial charge < -0.3 is 105 Å². The number of aromatic hydroxyl groups is 15. The molecule has 5 atom stereocenters. The van der Waals surface area contributed by atoms with Crippen molar-refractivity contribution in [2.24, 2.45) is 0 Å². The quantitative estimate of drug-likeness (QED) is 0.0591. The van der Waals surface area contributed by atoms with Gasteiger partial charge in [0.1, 0.15) is 12.7 Å². The fraction of sp³-hybridized carbons (Fsp3) is 0.146. The summed E-state index contributed by atoms with van der Waals surface area (Å²) in [5.41, 5.74) is -14.9. The number of fused-ring (bicyclic) bond motifs is 7. The maximum Gasteiger partial charge on any atom is 0.340 e. The van der Waals surface area contributed by atoms with Crippen LogP contribution >= 0.6 is 0 Å². The van der Waals surface area contributed by atoms with E-state index in [9.17, 15) is 106 Å². The summed E-state index contributed by atoms with van der Waals surface area (Å²) in [5, 5.41) is 177. The molecule has 16 N–H and O–H groups in total. The largest absolute Gasteiger partial charge is 0.504 e. The average molecular weight is 935 g/mol. The van der Waals surface area contributed by atoms with E-state index in [1.165, 1.54) is 0 Å². The third-order valence-electron chi connectivity index (χ3n) is 11.4. The molecule has 0 aliphatic carbocycles. The van der Waals surface area contributed by atoms with Gasteiger partial charge in [-0.3, -0.25) is 0 Å². The van der Waals surface area contributed by atoms with Gasteiger partial charge in [-0.15, -0.1) is 0 Å². The third-order valence-corrected chi connectivity index (χ3v) is 11.4. The minimum absolute atomic E-state index is 0.323. The number of aliphatic hydroxyl groups excluding tert-OH is 1. The van der Waals surface area contributed by atoms with Crippen molar-refractivity contribution in [3.05, 3.63) is 51.6 Å². The number of aliphatic hydroxyl groups is 1. The lowest BCUT2D eigenvalue weighted by molar-refractivity contribution is -0.154. The molecule has 0 spiro atoms. The van der Waals surface area contributed by atoms with Crippen LogP contribution in [0.2, 0.25) is 0 Å². The normalized spacial score (nSPS) is 20.6. The minimum Gasteiger partial charge on any atom is -0.504 e. The molecule has 67 heavy (non-hydrogen) atoms. The first kappa shape index (κ1) is 42.7. The lowest BCUT2D eigenvalue weighted by Gasteiger charge is -2.40. The van der Waals surface area contributed by atoms with Crippen LogP contribution in [-0.2, 0) is 23.7 Å². The van der Waals surface area contributed by atoms with Crippen molar-refractivity contribution < 1.29 is 129 Å². The molecule has 5 aliphatic rings. The number of benzene rings is 5. The topological polar surface area (TPSA) is 455 Å². The smallest absolute Gasteiger partial charge is 0.340 e. The fourth-order valence-electron chi connectivity index (χ4n) is 8.39. The lowest BCUT2D eigenvalue weighted by Crippen LogP contribution is -2.56. The van der Waals surface area contributed by atoms with Crippen LogP contribution in [0.3, 0.4) is 0 Å². The monoisotopic (exact) mass is 934 g/mol. The molecule has 3 unspecified atom stereocenters. The number of phenolic OH excluding ortho intramolecular Hbond substituents is 15. The highest BCUT2D eigenvalue weighted by atomic mass is 16.6. The van der Waals surface area contributed by atoms with Crippen LogP contribution in [0.5, 0.6) is 86.2 Å². The highest BCUT2D eigenvalue weighted by Crippen LogP contribution is 2.62. The van der Waals surface area contributed by atoms with E-state index in [1.54, 1.807) is 0 Å². The Morgan fingerprint density at radius 3 is 1.21 bits per heavy atom. The summed E-state index contributed by atoms with van der Waals surface area (Å²) in [5.74, 6) is -32.1. The van der Waals surface area contributed by atoms with Crippen LogP contribution in [0.4, 0.5) is 0 Å². The van der Waals surface area contributed by atoms with E-state index in [2.05, 4.69) is 0 Å². The van der Waals surface area contributed by atoms with E-state index in [0.717, 1.165) is 0 Å². The van der Waals surface area contributed by atoms with Crippen molar-refractivity contribution >= 4 is 29.8 Å². The van der Waals surface area contributed by atoms with Crippen LogP contribution in [0.1, 0.15) is 63.5 Å². The molecule has 26 nitrogen and oxygen atoms in total. The standard InChI is InChI=1S/C41H26O26/c42-8-1-5-12(24(48)21(8)45)13-6(2-9(43)22(46)25(13)49)39(60)65-34-11(4-63-37(5)58)64-38(59)7-3-10(44)23(47)26(50)14(7)15-18-16(28(52)32(56)27(15)51)17-19-20(30(54)33(57)29(17)53)31(55)35(66-41(19)62)36(34)67-40(18)61/h1-3,11,31,34-36,42-57H,4H2/t11?,31-,34?,35-,36?/m0/s1. The Hall–Kier alpha value is -9.59. The van der Waals surface area contributed by atoms with Gasteiger partial charge >= 0.3 is 29.8 Å². The molecule has 5 aromatic carbocycles. The molecule has 0 fully saturated rings. The van der Waals surface area contributed by atoms with E-state index in [4.69, 9.17) is 23.7 Å². The summed E-state index contributed by atoms with van der Waals surface area (Å²) in [6.07, 6.45) is -13.4. The second-order valence-corrected chi connectivity index (χ2v) is 15.0. The van der Waals surface area contributed by atoms with Gasteiger partial charge in [0, 0.05) is 38.9 Å². The zero-order chi connectivity index (χ0) is 48.7. The summed E-state index contributed by atoms with van der Waals surface area (Å²) in [6.45, 7) is -1.51. The first-order chi connectivity index (χ1) is 31.5. The first-order valence-corrected chi connectivity index (χ1v) is 18.6. The number of carbonyl (C=O) groups excluding carboxylic acids is 5. The molecular formula is C41H26O26. The van der Waals surface area contributed by atoms with Gasteiger partial charge in [-0.1, -0.05) is 0 Å². The Labute approximate surface area is 367 Å². The summed E-state index contributed by atoms with van der Waals surface area (Å²) >= 11 is 0. The summed E-state index contributed by atoms with van der Waals surface area (Å²) in [7, 11) is 0. The number of rotatable bonds is 0. The predicted octanol–water partition coefficient (Wildman–Crippen LogP) is 1.32. The molecule has 5 aliphatic heterocycles. The molecule has 0 radical (unpaired) electrons. The molecule has 5 heterocycles. The molecule has 26 heteroatoms. The van der Waals surface area contributed by atoms with E-state index in [-0.39, 0.29) is 0 Å². The number of esters is 5. The number of cyclic esters (lactones) is 1. The second-order valence-electron chi connectivity index (χ2n) is 15.0. The Morgan fingerprint density at radius 2 is 0.701 bits per heavy atom. The number of ether oxygens (including phenoxy) is 5. The molecule has 5 aromatic rings. The van der Waals surface area contributed by atoms with Gasteiger partial charge in [0.2, 0.25) is 28.7 Å². The molecule has 0 saturated carbocycles. The number of carbonyl (C=O) groups is 5. The predicted molar refractivity (Wildman–Crippen MR) is 206 cm³/mol. The van der Waals surface area contributed by atoms with Crippen LogP contribution in [0, 0.1) is 0 Å². The van der Waals surface area contributed by atoms with Gasteiger partial charge in [0.25, 0.3) is 0 Å². The molecule has 10 rings (SSSR count). The average Bonchev–Trinajstić information content (AvgIpc) is 3.30. The number of hydrogen-bond donors (Lipinski definition) is 16. The Bertz CT molecular complexity index is 3190. The molecule has 346 valence electrons. The Morgan fingerprint density at radius 1 is 0.343 bits per heavy atom. The zero-order valence-electron chi connectivity index (χ0n) is 32.6. The number of hydrogen-bond acceptors (Lipinski definition) is 26. The maximum absolute atomic E-state index is 15.0. The Kier molecular flexibility index (Phi) is 9.05. The van der Waals surface area contributed by atoms with Gasteiger partial charge in [-0.25, -0.2) is 24.0 Å². The van der Waals surface area contributed by atoms with E-state index < -0.39 is 220 Å². The zero-order valence-corrected chi connectivity index (χ0v) is 32.6. The summed E-state index contributed by atoms with van der Waals surface area (Å²) < 4.78 is 27.8. The van der Waals surface area contributed by atoms with Crippen LogP contribution in [0.15, 0.2) is 18.2 Å². The van der Waals surface area contributed by atoms with Crippen molar-refractivity contribution in [3.63, 3.8) is 0 Å². The summed E-state index contributed by atoms with van der Waals surface area (Å²) in [6, 6.07) is 1.07. The van der Waals surface area contributed by atoms with Crippen molar-refractivity contribution in [2.75, 3.05) is 6.61 Å². The maximum atomic E-state index is 15.0. The van der Waals surface area contributed by atoms with E-state index in [0.29, 0.717) is 18.2 Å². The van der Waals surface area contributed by atoms with Gasteiger partial charge in [0.05, 0.1) is 27.8 Å². The van der Waals surface area contributed by atoms with Crippen LogP contribution < -0.4 is 0 Å². The fourth-order valence-corrected chi connectivity index (χ4v) is 8.39. The van der Waals surface area contributed by atoms with Gasteiger partial charge in [0.15, 0.2) is 81.9 Å². The molecule has 0 saturated heterocycles. The number of phenols is 15. The van der Waals surface area contributed by atoms with Gasteiger partial charge in [-0.05, 0) is 18.2 Å². The molecule has 6 bridgehead atoms. The second kappa shape index (κ2) is 14.2. The highest BCUT2D eigenvalue weighted by Gasteiger charge is 2.55.